The first-order valence-electron chi connectivity index (χ1n) is 8.63. The average molecular weight is 414 g/mol. The van der Waals surface area contributed by atoms with Gasteiger partial charge in [0.1, 0.15) is 5.75 Å². The molecule has 152 valence electrons. The Morgan fingerprint density at radius 2 is 1.64 bits per heavy atom. The molecule has 0 radical (unpaired) electrons. The zero-order chi connectivity index (χ0) is 20.5. The van der Waals surface area contributed by atoms with Crippen LogP contribution in [0.4, 0.5) is 8.78 Å². The van der Waals surface area contributed by atoms with Crippen LogP contribution in [0.2, 0.25) is 5.02 Å². The normalized spacial score (nSPS) is 10.6. The zero-order valence-corrected chi connectivity index (χ0v) is 16.4. The van der Waals surface area contributed by atoms with Gasteiger partial charge < -0.3 is 19.5 Å². The lowest BCUT2D eigenvalue weighted by Gasteiger charge is -2.12. The number of halogens is 3. The molecule has 1 N–H and O–H groups in total. The fraction of sp³-hybridized carbons (Fsp3) is 0.350. The summed E-state index contributed by atoms with van der Waals surface area (Å²) in [5.74, 6) is 0.679. The molecule has 8 heteroatoms. The molecule has 0 aliphatic carbocycles. The first-order valence-corrected chi connectivity index (χ1v) is 9.01. The molecule has 0 aliphatic heterocycles. The van der Waals surface area contributed by atoms with Crippen LogP contribution in [0.5, 0.6) is 17.2 Å². The molecule has 0 saturated heterocycles. The number of ether oxygens (including phenoxy) is 3. The van der Waals surface area contributed by atoms with Gasteiger partial charge in [0.25, 0.3) is 0 Å². The van der Waals surface area contributed by atoms with Crippen LogP contribution in [0, 0.1) is 0 Å². The Morgan fingerprint density at radius 1 is 1.00 bits per heavy atom. The third-order valence-corrected chi connectivity index (χ3v) is 4.33. The number of benzene rings is 2. The van der Waals surface area contributed by atoms with Crippen molar-refractivity contribution in [1.82, 2.24) is 5.32 Å². The summed E-state index contributed by atoms with van der Waals surface area (Å²) in [7, 11) is 2.92. The Hall–Kier alpha value is -2.54. The van der Waals surface area contributed by atoms with Gasteiger partial charge in [0, 0.05) is 13.0 Å². The lowest BCUT2D eigenvalue weighted by atomic mass is 10.1. The van der Waals surface area contributed by atoms with Crippen molar-refractivity contribution in [1.29, 1.82) is 0 Å². The summed E-state index contributed by atoms with van der Waals surface area (Å²) in [4.78, 5) is 12.0. The van der Waals surface area contributed by atoms with E-state index in [4.69, 9.17) is 21.1 Å². The number of carbonyl (C=O) groups excluding carboxylic acids is 1. The lowest BCUT2D eigenvalue weighted by Crippen LogP contribution is -2.25. The maximum absolute atomic E-state index is 12.5. The highest BCUT2D eigenvalue weighted by atomic mass is 35.5. The van der Waals surface area contributed by atoms with Gasteiger partial charge in [-0.3, -0.25) is 4.79 Å². The third kappa shape index (κ3) is 6.56. The number of aryl methyl sites for hydroxylation is 1. The van der Waals surface area contributed by atoms with E-state index in [1.807, 2.05) is 6.07 Å². The Labute approximate surface area is 167 Å². The summed E-state index contributed by atoms with van der Waals surface area (Å²) < 4.78 is 39.5. The second kappa shape index (κ2) is 10.7. The van der Waals surface area contributed by atoms with Crippen LogP contribution in [-0.2, 0) is 17.6 Å². The van der Waals surface area contributed by atoms with E-state index in [9.17, 15) is 13.6 Å². The lowest BCUT2D eigenvalue weighted by molar-refractivity contribution is -0.121. The Kier molecular flexibility index (Phi) is 8.32. The number of hydrogen-bond donors (Lipinski definition) is 1. The maximum Gasteiger partial charge on any atom is 0.387 e. The highest BCUT2D eigenvalue weighted by molar-refractivity contribution is 6.32. The van der Waals surface area contributed by atoms with Gasteiger partial charge in [0.2, 0.25) is 5.91 Å². The first-order chi connectivity index (χ1) is 13.4. The molecule has 0 spiro atoms. The summed E-state index contributed by atoms with van der Waals surface area (Å²) in [6.45, 7) is -2.56. The molecule has 0 atom stereocenters. The number of carbonyl (C=O) groups is 1. The van der Waals surface area contributed by atoms with E-state index in [-0.39, 0.29) is 17.4 Å². The van der Waals surface area contributed by atoms with E-state index < -0.39 is 6.61 Å². The van der Waals surface area contributed by atoms with Gasteiger partial charge in [-0.2, -0.15) is 8.78 Å². The minimum atomic E-state index is -2.93. The molecular formula is C20H22ClF2NO4. The molecule has 0 aliphatic rings. The van der Waals surface area contributed by atoms with Crippen molar-refractivity contribution in [3.05, 3.63) is 52.5 Å². The molecule has 0 aromatic heterocycles. The number of hydrogen-bond acceptors (Lipinski definition) is 4. The Bertz CT molecular complexity index is 802. The SMILES string of the molecule is COc1ccc(CCC(=O)NCCc2ccc(OC)c(OC(F)F)c2)cc1Cl. The molecule has 2 rings (SSSR count). The highest BCUT2D eigenvalue weighted by Crippen LogP contribution is 2.29. The number of amides is 1. The molecule has 2 aromatic carbocycles. The second-order valence-corrected chi connectivity index (χ2v) is 6.34. The molecule has 0 bridgehead atoms. The number of alkyl halides is 2. The molecule has 0 fully saturated rings. The minimum Gasteiger partial charge on any atom is -0.495 e. The number of methoxy groups -OCH3 is 2. The monoisotopic (exact) mass is 413 g/mol. The second-order valence-electron chi connectivity index (χ2n) is 5.93. The molecule has 0 unspecified atom stereocenters. The van der Waals surface area contributed by atoms with Gasteiger partial charge in [0.05, 0.1) is 19.2 Å². The van der Waals surface area contributed by atoms with E-state index >= 15 is 0 Å². The topological polar surface area (TPSA) is 56.8 Å². The smallest absolute Gasteiger partial charge is 0.387 e. The fourth-order valence-electron chi connectivity index (χ4n) is 2.62. The van der Waals surface area contributed by atoms with Gasteiger partial charge >= 0.3 is 6.61 Å². The summed E-state index contributed by atoms with van der Waals surface area (Å²) in [5.41, 5.74) is 1.68. The van der Waals surface area contributed by atoms with Crippen LogP contribution in [0.15, 0.2) is 36.4 Å². The summed E-state index contributed by atoms with van der Waals surface area (Å²) in [6, 6.07) is 10.2. The molecule has 1 amide bonds. The van der Waals surface area contributed by atoms with Gasteiger partial charge in [-0.15, -0.1) is 0 Å². The van der Waals surface area contributed by atoms with Crippen LogP contribution in [0.1, 0.15) is 17.5 Å². The first kappa shape index (κ1) is 21.8. The van der Waals surface area contributed by atoms with Crippen LogP contribution in [0.3, 0.4) is 0 Å². The van der Waals surface area contributed by atoms with E-state index in [2.05, 4.69) is 10.1 Å². The largest absolute Gasteiger partial charge is 0.495 e. The standard InChI is InChI=1S/C20H22ClF2NO4/c1-26-16-6-3-13(11-15(16)21)5-8-19(25)24-10-9-14-4-7-17(27-2)18(12-14)28-20(22)23/h3-4,6-7,11-12,20H,5,8-10H2,1-2H3,(H,24,25). The summed E-state index contributed by atoms with van der Waals surface area (Å²) >= 11 is 6.07. The molecule has 5 nitrogen and oxygen atoms in total. The average Bonchev–Trinajstić information content (AvgIpc) is 2.66. The molecular weight excluding hydrogens is 392 g/mol. The van der Waals surface area contributed by atoms with Crippen LogP contribution >= 0.6 is 11.6 Å². The van der Waals surface area contributed by atoms with Crippen LogP contribution in [-0.4, -0.2) is 33.3 Å². The summed E-state index contributed by atoms with van der Waals surface area (Å²) in [6.07, 6.45) is 1.33. The van der Waals surface area contributed by atoms with Crippen molar-refractivity contribution in [3.63, 3.8) is 0 Å². The quantitative estimate of drug-likeness (QED) is 0.632. The number of rotatable bonds is 10. The highest BCUT2D eigenvalue weighted by Gasteiger charge is 2.11. The third-order valence-electron chi connectivity index (χ3n) is 4.04. The molecule has 28 heavy (non-hydrogen) atoms. The Balaban J connectivity index is 1.81. The van der Waals surface area contributed by atoms with E-state index in [1.165, 1.54) is 13.2 Å². The van der Waals surface area contributed by atoms with Crippen molar-refractivity contribution in [2.75, 3.05) is 20.8 Å². The van der Waals surface area contributed by atoms with Gasteiger partial charge in [-0.25, -0.2) is 0 Å². The van der Waals surface area contributed by atoms with Crippen molar-refractivity contribution in [2.45, 2.75) is 25.9 Å². The van der Waals surface area contributed by atoms with Gasteiger partial charge in [-0.1, -0.05) is 23.7 Å². The van der Waals surface area contributed by atoms with Gasteiger partial charge in [0.15, 0.2) is 11.5 Å². The molecule has 2 aromatic rings. The van der Waals surface area contributed by atoms with E-state index in [0.29, 0.717) is 36.6 Å². The Morgan fingerprint density at radius 3 is 2.25 bits per heavy atom. The van der Waals surface area contributed by atoms with Crippen molar-refractivity contribution < 1.29 is 27.8 Å². The van der Waals surface area contributed by atoms with Crippen molar-refractivity contribution >= 4 is 17.5 Å². The summed E-state index contributed by atoms with van der Waals surface area (Å²) in [5, 5.41) is 3.31. The van der Waals surface area contributed by atoms with Gasteiger partial charge in [-0.05, 0) is 48.2 Å². The van der Waals surface area contributed by atoms with Crippen molar-refractivity contribution in [2.24, 2.45) is 0 Å². The minimum absolute atomic E-state index is 0.0299. The fourth-order valence-corrected chi connectivity index (χ4v) is 2.90. The molecule has 0 heterocycles. The van der Waals surface area contributed by atoms with Crippen LogP contribution < -0.4 is 19.5 Å². The van der Waals surface area contributed by atoms with Crippen molar-refractivity contribution in [3.8, 4) is 17.2 Å². The molecule has 0 saturated carbocycles. The predicted octanol–water partition coefficient (Wildman–Crippen LogP) is 4.25. The predicted molar refractivity (Wildman–Crippen MR) is 103 cm³/mol. The number of nitrogens with one attached hydrogen (secondary N) is 1. The van der Waals surface area contributed by atoms with E-state index in [1.54, 1.807) is 31.4 Å². The zero-order valence-electron chi connectivity index (χ0n) is 15.6. The van der Waals surface area contributed by atoms with E-state index in [0.717, 1.165) is 11.1 Å². The maximum atomic E-state index is 12.5. The van der Waals surface area contributed by atoms with Crippen LogP contribution in [0.25, 0.3) is 0 Å².